The van der Waals surface area contributed by atoms with Crippen LogP contribution in [-0.4, -0.2) is 57.0 Å². The van der Waals surface area contributed by atoms with E-state index >= 15 is 0 Å². The summed E-state index contributed by atoms with van der Waals surface area (Å²) in [6, 6.07) is 3.57. The number of carbonyl (C=O) groups excluding carboxylic acids is 2. The second kappa shape index (κ2) is 8.14. The number of benzene rings is 1. The van der Waals surface area contributed by atoms with Crippen LogP contribution in [0.4, 0.5) is 0 Å². The van der Waals surface area contributed by atoms with Crippen molar-refractivity contribution in [3.63, 3.8) is 0 Å². The minimum atomic E-state index is -0.433. The lowest BCUT2D eigenvalue weighted by Crippen LogP contribution is -2.34. The molecule has 0 radical (unpaired) electrons. The molecule has 1 aliphatic rings. The molecule has 1 aliphatic heterocycles. The van der Waals surface area contributed by atoms with Crippen LogP contribution in [0.2, 0.25) is 0 Å². The molecule has 132 valence electrons. The van der Waals surface area contributed by atoms with E-state index in [2.05, 4.69) is 0 Å². The third-order valence-electron chi connectivity index (χ3n) is 3.57. The molecule has 1 aromatic rings. The number of hydrogen-bond donors (Lipinski definition) is 0. The first-order chi connectivity index (χ1) is 11.6. The van der Waals surface area contributed by atoms with E-state index in [0.29, 0.717) is 23.0 Å². The van der Waals surface area contributed by atoms with Crippen molar-refractivity contribution < 1.29 is 28.5 Å². The first-order valence-electron chi connectivity index (χ1n) is 7.42. The zero-order chi connectivity index (χ0) is 17.7. The second-order valence-electron chi connectivity index (χ2n) is 4.91. The standard InChI is InChI=1S/C16H21NO6S/c1-5-23-13(19)8-17-12(18)9-24-16(17)10-6-7-11(20-2)15(22-4)14(10)21-3/h6-7,16H,5,8-9H2,1-4H3. The highest BCUT2D eigenvalue weighted by atomic mass is 32.2. The van der Waals surface area contributed by atoms with Crippen LogP contribution < -0.4 is 14.2 Å². The van der Waals surface area contributed by atoms with E-state index in [1.54, 1.807) is 13.0 Å². The number of hydrogen-bond acceptors (Lipinski definition) is 7. The first kappa shape index (κ1) is 18.3. The van der Waals surface area contributed by atoms with Crippen molar-refractivity contribution in [2.24, 2.45) is 0 Å². The molecule has 0 saturated carbocycles. The molecule has 1 fully saturated rings. The summed E-state index contributed by atoms with van der Waals surface area (Å²) in [7, 11) is 4.59. The quantitative estimate of drug-likeness (QED) is 0.691. The Morgan fingerprint density at radius 1 is 1.21 bits per heavy atom. The molecule has 2 rings (SSSR count). The molecule has 0 N–H and O–H groups in total. The van der Waals surface area contributed by atoms with Crippen molar-refractivity contribution in [2.75, 3.05) is 40.2 Å². The van der Waals surface area contributed by atoms with Gasteiger partial charge in [0.1, 0.15) is 11.9 Å². The van der Waals surface area contributed by atoms with E-state index in [1.165, 1.54) is 38.0 Å². The first-order valence-corrected chi connectivity index (χ1v) is 8.47. The van der Waals surface area contributed by atoms with Crippen LogP contribution >= 0.6 is 11.8 Å². The minimum Gasteiger partial charge on any atom is -0.493 e. The van der Waals surface area contributed by atoms with Crippen LogP contribution in [0.3, 0.4) is 0 Å². The molecule has 1 saturated heterocycles. The summed E-state index contributed by atoms with van der Waals surface area (Å²) in [4.78, 5) is 25.5. The molecule has 1 atom stereocenters. The number of esters is 1. The van der Waals surface area contributed by atoms with Crippen molar-refractivity contribution in [3.8, 4) is 17.2 Å². The second-order valence-corrected chi connectivity index (χ2v) is 5.98. The van der Waals surface area contributed by atoms with Gasteiger partial charge in [-0.1, -0.05) is 0 Å². The monoisotopic (exact) mass is 355 g/mol. The molecule has 0 spiro atoms. The fraction of sp³-hybridized carbons (Fsp3) is 0.500. The molecular weight excluding hydrogens is 334 g/mol. The smallest absolute Gasteiger partial charge is 0.325 e. The van der Waals surface area contributed by atoms with E-state index in [4.69, 9.17) is 18.9 Å². The van der Waals surface area contributed by atoms with Gasteiger partial charge in [0.15, 0.2) is 11.5 Å². The van der Waals surface area contributed by atoms with Crippen LogP contribution in [0.5, 0.6) is 17.2 Å². The molecule has 8 heteroatoms. The van der Waals surface area contributed by atoms with Crippen LogP contribution in [0.1, 0.15) is 17.9 Å². The van der Waals surface area contributed by atoms with E-state index in [1.807, 2.05) is 6.07 Å². The van der Waals surface area contributed by atoms with E-state index in [9.17, 15) is 9.59 Å². The zero-order valence-electron chi connectivity index (χ0n) is 14.2. The lowest BCUT2D eigenvalue weighted by atomic mass is 10.1. The molecule has 1 amide bonds. The van der Waals surface area contributed by atoms with Crippen LogP contribution in [0, 0.1) is 0 Å². The molecule has 1 heterocycles. The summed E-state index contributed by atoms with van der Waals surface area (Å²) < 4.78 is 21.1. The van der Waals surface area contributed by atoms with Crippen molar-refractivity contribution >= 4 is 23.6 Å². The summed E-state index contributed by atoms with van der Waals surface area (Å²) in [5.41, 5.74) is 0.746. The molecule has 0 aliphatic carbocycles. The number of methoxy groups -OCH3 is 3. The molecule has 0 bridgehead atoms. The SMILES string of the molecule is CCOC(=O)CN1C(=O)CSC1c1ccc(OC)c(OC)c1OC. The average molecular weight is 355 g/mol. The van der Waals surface area contributed by atoms with E-state index in [0.717, 1.165) is 5.56 Å². The molecule has 0 aromatic heterocycles. The van der Waals surface area contributed by atoms with Crippen LogP contribution in [-0.2, 0) is 14.3 Å². The van der Waals surface area contributed by atoms with Gasteiger partial charge in [-0.25, -0.2) is 0 Å². The summed E-state index contributed by atoms with van der Waals surface area (Å²) in [6.45, 7) is 1.91. The van der Waals surface area contributed by atoms with Crippen molar-refractivity contribution in [1.82, 2.24) is 4.90 Å². The van der Waals surface area contributed by atoms with Crippen LogP contribution in [0.25, 0.3) is 0 Å². The number of rotatable bonds is 7. The van der Waals surface area contributed by atoms with Crippen molar-refractivity contribution in [2.45, 2.75) is 12.3 Å². The maximum absolute atomic E-state index is 12.2. The van der Waals surface area contributed by atoms with Crippen molar-refractivity contribution in [3.05, 3.63) is 17.7 Å². The Bertz CT molecular complexity index is 621. The third kappa shape index (κ3) is 3.53. The Hall–Kier alpha value is -2.09. The van der Waals surface area contributed by atoms with Gasteiger partial charge in [-0.3, -0.25) is 9.59 Å². The van der Waals surface area contributed by atoms with Gasteiger partial charge in [-0.05, 0) is 19.1 Å². The fourth-order valence-electron chi connectivity index (χ4n) is 2.55. The van der Waals surface area contributed by atoms with Crippen LogP contribution in [0.15, 0.2) is 12.1 Å². The van der Waals surface area contributed by atoms with Gasteiger partial charge >= 0.3 is 5.97 Å². The lowest BCUT2D eigenvalue weighted by Gasteiger charge is -2.25. The number of carbonyl (C=O) groups is 2. The highest BCUT2D eigenvalue weighted by Crippen LogP contribution is 2.48. The zero-order valence-corrected chi connectivity index (χ0v) is 15.0. The Kier molecular flexibility index (Phi) is 6.19. The summed E-state index contributed by atoms with van der Waals surface area (Å²) in [5.74, 6) is 1.21. The molecular formula is C16H21NO6S. The van der Waals surface area contributed by atoms with Gasteiger partial charge < -0.3 is 23.8 Å². The largest absolute Gasteiger partial charge is 0.493 e. The molecule has 1 aromatic carbocycles. The highest BCUT2D eigenvalue weighted by Gasteiger charge is 2.37. The normalized spacial score (nSPS) is 16.9. The molecule has 1 unspecified atom stereocenters. The third-order valence-corrected chi connectivity index (χ3v) is 4.81. The summed E-state index contributed by atoms with van der Waals surface area (Å²) in [5, 5.41) is -0.350. The summed E-state index contributed by atoms with van der Waals surface area (Å²) >= 11 is 1.43. The minimum absolute atomic E-state index is 0.0954. The predicted molar refractivity (Wildman–Crippen MR) is 89.6 cm³/mol. The fourth-order valence-corrected chi connectivity index (χ4v) is 3.75. The predicted octanol–water partition coefficient (Wildman–Crippen LogP) is 1.85. The van der Waals surface area contributed by atoms with E-state index in [-0.39, 0.29) is 24.4 Å². The molecule has 24 heavy (non-hydrogen) atoms. The van der Waals surface area contributed by atoms with Gasteiger partial charge in [-0.15, -0.1) is 11.8 Å². The summed E-state index contributed by atoms with van der Waals surface area (Å²) in [6.07, 6.45) is 0. The van der Waals surface area contributed by atoms with Gasteiger partial charge in [0.25, 0.3) is 0 Å². The Balaban J connectivity index is 2.38. The number of nitrogens with zero attached hydrogens (tertiary/aromatic N) is 1. The van der Waals surface area contributed by atoms with Gasteiger partial charge in [-0.2, -0.15) is 0 Å². The highest BCUT2D eigenvalue weighted by molar-refractivity contribution is 8.00. The maximum atomic E-state index is 12.2. The lowest BCUT2D eigenvalue weighted by molar-refractivity contribution is -0.148. The number of ether oxygens (including phenoxy) is 4. The Labute approximate surface area is 145 Å². The number of thioether (sulfide) groups is 1. The number of amides is 1. The Morgan fingerprint density at radius 3 is 2.50 bits per heavy atom. The van der Waals surface area contributed by atoms with Crippen molar-refractivity contribution in [1.29, 1.82) is 0 Å². The van der Waals surface area contributed by atoms with E-state index < -0.39 is 5.97 Å². The Morgan fingerprint density at radius 2 is 1.92 bits per heavy atom. The van der Waals surface area contributed by atoms with Gasteiger partial charge in [0, 0.05) is 5.56 Å². The average Bonchev–Trinajstić information content (AvgIpc) is 2.94. The van der Waals surface area contributed by atoms with Gasteiger partial charge in [0.2, 0.25) is 11.7 Å². The van der Waals surface area contributed by atoms with Gasteiger partial charge in [0.05, 0.1) is 33.7 Å². The maximum Gasteiger partial charge on any atom is 0.325 e. The topological polar surface area (TPSA) is 74.3 Å². The molecule has 7 nitrogen and oxygen atoms in total.